The normalized spacial score (nSPS) is 10.8. The van der Waals surface area contributed by atoms with E-state index in [0.717, 1.165) is 46.0 Å². The second-order valence-electron chi connectivity index (χ2n) is 9.76. The SMILES string of the molecule is CCOC(=O)c1sc(NC(=O)CSc2nnc(CNC(=O)c3cccc(F)c3)n2-c2cc(C)ccc2C)c(C(=O)OCC)c1C. The third-order valence-electron chi connectivity index (χ3n) is 6.47. The Bertz CT molecular complexity index is 1750. The summed E-state index contributed by atoms with van der Waals surface area (Å²) in [7, 11) is 0. The number of nitrogens with zero attached hydrogens (tertiary/aromatic N) is 3. The number of nitrogens with one attached hydrogen (secondary N) is 2. The van der Waals surface area contributed by atoms with E-state index < -0.39 is 29.6 Å². The minimum atomic E-state index is -0.663. The number of anilines is 1. The Morgan fingerprint density at radius 2 is 1.71 bits per heavy atom. The summed E-state index contributed by atoms with van der Waals surface area (Å²) < 4.78 is 25.7. The Morgan fingerprint density at radius 3 is 2.42 bits per heavy atom. The predicted octanol–water partition coefficient (Wildman–Crippen LogP) is 5.41. The van der Waals surface area contributed by atoms with Gasteiger partial charge in [0.15, 0.2) is 11.0 Å². The molecule has 2 aromatic heterocycles. The molecule has 0 aliphatic rings. The van der Waals surface area contributed by atoms with Crippen LogP contribution in [0.3, 0.4) is 0 Å². The van der Waals surface area contributed by atoms with E-state index in [1.165, 1.54) is 18.2 Å². The van der Waals surface area contributed by atoms with E-state index >= 15 is 0 Å². The van der Waals surface area contributed by atoms with Gasteiger partial charge in [0.25, 0.3) is 5.91 Å². The zero-order valence-electron chi connectivity index (χ0n) is 25.4. The molecule has 2 N–H and O–H groups in total. The predicted molar refractivity (Wildman–Crippen MR) is 169 cm³/mol. The van der Waals surface area contributed by atoms with Gasteiger partial charge in [-0.3, -0.25) is 14.2 Å². The lowest BCUT2D eigenvalue weighted by Gasteiger charge is -2.14. The highest BCUT2D eigenvalue weighted by atomic mass is 32.2. The molecule has 0 bridgehead atoms. The summed E-state index contributed by atoms with van der Waals surface area (Å²) in [6.07, 6.45) is 0. The van der Waals surface area contributed by atoms with Crippen molar-refractivity contribution < 1.29 is 33.0 Å². The molecule has 0 atom stereocenters. The molecule has 4 aromatic rings. The summed E-state index contributed by atoms with van der Waals surface area (Å²) >= 11 is 2.04. The van der Waals surface area contributed by atoms with Crippen LogP contribution in [0.25, 0.3) is 5.69 Å². The number of aryl methyl sites for hydroxylation is 2. The van der Waals surface area contributed by atoms with Crippen molar-refractivity contribution in [3.8, 4) is 5.69 Å². The Labute approximate surface area is 267 Å². The molecule has 0 saturated heterocycles. The van der Waals surface area contributed by atoms with Crippen molar-refractivity contribution in [1.29, 1.82) is 0 Å². The number of thiophene rings is 1. The summed E-state index contributed by atoms with van der Waals surface area (Å²) in [5.74, 6) is -2.45. The first kappa shape index (κ1) is 33.3. The maximum Gasteiger partial charge on any atom is 0.348 e. The highest BCUT2D eigenvalue weighted by Gasteiger charge is 2.28. The average molecular weight is 654 g/mol. The van der Waals surface area contributed by atoms with Crippen molar-refractivity contribution >= 4 is 51.9 Å². The lowest BCUT2D eigenvalue weighted by atomic mass is 10.1. The number of esters is 2. The Balaban J connectivity index is 1.58. The third-order valence-corrected chi connectivity index (χ3v) is 8.59. The van der Waals surface area contributed by atoms with Gasteiger partial charge in [0.05, 0.1) is 36.8 Å². The van der Waals surface area contributed by atoms with Crippen molar-refractivity contribution in [2.24, 2.45) is 0 Å². The van der Waals surface area contributed by atoms with E-state index in [1.54, 1.807) is 25.3 Å². The number of halogens is 1. The van der Waals surface area contributed by atoms with E-state index in [1.807, 2.05) is 32.0 Å². The van der Waals surface area contributed by atoms with Gasteiger partial charge in [0.2, 0.25) is 5.91 Å². The number of carbonyl (C=O) groups excluding carboxylic acids is 4. The number of benzene rings is 2. The van der Waals surface area contributed by atoms with E-state index in [0.29, 0.717) is 16.5 Å². The van der Waals surface area contributed by atoms with Gasteiger partial charge in [0.1, 0.15) is 15.7 Å². The van der Waals surface area contributed by atoms with Crippen molar-refractivity contribution in [3.05, 3.63) is 86.8 Å². The fourth-order valence-corrected chi connectivity index (χ4v) is 6.21. The van der Waals surface area contributed by atoms with Crippen molar-refractivity contribution in [3.63, 3.8) is 0 Å². The van der Waals surface area contributed by atoms with Crippen LogP contribution in [-0.2, 0) is 20.8 Å². The standard InChI is InChI=1S/C31H32FN5O6S2/c1-6-42-29(40)25-19(5)26(30(41)43-7-2)45-28(25)34-24(38)16-44-31-36-35-23(37(31)22-13-17(3)11-12-18(22)4)15-33-27(39)20-9-8-10-21(32)14-20/h8-14H,6-7,15-16H2,1-5H3,(H,33,39)(H,34,38). The quantitative estimate of drug-likeness (QED) is 0.152. The topological polar surface area (TPSA) is 142 Å². The molecule has 0 fully saturated rings. The van der Waals surface area contributed by atoms with Gasteiger partial charge >= 0.3 is 11.9 Å². The number of aromatic nitrogens is 3. The summed E-state index contributed by atoms with van der Waals surface area (Å²) in [4.78, 5) is 51.3. The monoisotopic (exact) mass is 653 g/mol. The maximum atomic E-state index is 13.6. The van der Waals surface area contributed by atoms with Gasteiger partial charge in [-0.15, -0.1) is 21.5 Å². The summed E-state index contributed by atoms with van der Waals surface area (Å²) in [5.41, 5.74) is 3.26. The molecule has 2 aromatic carbocycles. The molecule has 45 heavy (non-hydrogen) atoms. The molecule has 14 heteroatoms. The maximum absolute atomic E-state index is 13.6. The molecule has 0 aliphatic heterocycles. The zero-order chi connectivity index (χ0) is 32.7. The molecular formula is C31H32FN5O6S2. The highest BCUT2D eigenvalue weighted by molar-refractivity contribution is 7.99. The molecule has 0 unspecified atom stereocenters. The van der Waals surface area contributed by atoms with Gasteiger partial charge in [0, 0.05) is 5.56 Å². The number of thioether (sulfide) groups is 1. The highest BCUT2D eigenvalue weighted by Crippen LogP contribution is 2.35. The number of rotatable bonds is 12. The van der Waals surface area contributed by atoms with Gasteiger partial charge in [-0.2, -0.15) is 0 Å². The minimum absolute atomic E-state index is 0.0174. The van der Waals surface area contributed by atoms with Crippen LogP contribution in [0.15, 0.2) is 47.6 Å². The first-order valence-corrected chi connectivity index (χ1v) is 15.8. The smallest absolute Gasteiger partial charge is 0.348 e. The first-order valence-electron chi connectivity index (χ1n) is 14.0. The van der Waals surface area contributed by atoms with Gasteiger partial charge < -0.3 is 20.1 Å². The molecule has 0 aliphatic carbocycles. The van der Waals surface area contributed by atoms with Crippen molar-refractivity contribution in [1.82, 2.24) is 20.1 Å². The van der Waals surface area contributed by atoms with Crippen LogP contribution in [-0.4, -0.2) is 57.5 Å². The van der Waals surface area contributed by atoms with Crippen molar-refractivity contribution in [2.75, 3.05) is 24.3 Å². The van der Waals surface area contributed by atoms with E-state index in [-0.39, 0.29) is 46.5 Å². The van der Waals surface area contributed by atoms with E-state index in [4.69, 9.17) is 9.47 Å². The van der Waals surface area contributed by atoms with Crippen LogP contribution in [0.1, 0.15) is 66.7 Å². The number of carbonyl (C=O) groups is 4. The Kier molecular flexibility index (Phi) is 11.1. The lowest BCUT2D eigenvalue weighted by Crippen LogP contribution is -2.25. The van der Waals surface area contributed by atoms with Crippen LogP contribution in [0, 0.1) is 26.6 Å². The molecule has 2 amide bonds. The first-order chi connectivity index (χ1) is 21.5. The fraction of sp³-hybridized carbons (Fsp3) is 0.290. The number of ether oxygens (including phenoxy) is 2. The number of hydrogen-bond donors (Lipinski definition) is 2. The molecular weight excluding hydrogens is 622 g/mol. The van der Waals surface area contributed by atoms with Crippen LogP contribution in [0.4, 0.5) is 9.39 Å². The van der Waals surface area contributed by atoms with Crippen molar-refractivity contribution in [2.45, 2.75) is 46.3 Å². The Hall–Kier alpha value is -4.56. The summed E-state index contributed by atoms with van der Waals surface area (Å²) in [6.45, 7) is 9.04. The third kappa shape index (κ3) is 7.94. The van der Waals surface area contributed by atoms with E-state index in [9.17, 15) is 23.6 Å². The largest absolute Gasteiger partial charge is 0.462 e. The van der Waals surface area contributed by atoms with Crippen LogP contribution < -0.4 is 10.6 Å². The summed E-state index contributed by atoms with van der Waals surface area (Å²) in [6, 6.07) is 11.2. The van der Waals surface area contributed by atoms with Gasteiger partial charge in [-0.05, 0) is 75.6 Å². The van der Waals surface area contributed by atoms with Gasteiger partial charge in [-0.1, -0.05) is 30.0 Å². The minimum Gasteiger partial charge on any atom is -0.462 e. The molecule has 2 heterocycles. The molecule has 236 valence electrons. The van der Waals surface area contributed by atoms with Crippen LogP contribution >= 0.6 is 23.1 Å². The lowest BCUT2D eigenvalue weighted by molar-refractivity contribution is -0.113. The second-order valence-corrected chi connectivity index (χ2v) is 11.7. The molecule has 11 nitrogen and oxygen atoms in total. The summed E-state index contributed by atoms with van der Waals surface area (Å²) in [5, 5.41) is 14.6. The van der Waals surface area contributed by atoms with Gasteiger partial charge in [-0.25, -0.2) is 14.0 Å². The van der Waals surface area contributed by atoms with Crippen LogP contribution in [0.2, 0.25) is 0 Å². The molecule has 0 saturated carbocycles. The molecule has 0 radical (unpaired) electrons. The number of amides is 2. The average Bonchev–Trinajstić information content (AvgIpc) is 3.56. The second kappa shape index (κ2) is 14.9. The number of hydrogen-bond acceptors (Lipinski definition) is 10. The molecule has 4 rings (SSSR count). The fourth-order valence-electron chi connectivity index (χ4n) is 4.34. The van der Waals surface area contributed by atoms with Crippen LogP contribution in [0.5, 0.6) is 0 Å². The van der Waals surface area contributed by atoms with E-state index in [2.05, 4.69) is 20.8 Å². The molecule has 0 spiro atoms. The Morgan fingerprint density at radius 1 is 0.978 bits per heavy atom. The zero-order valence-corrected chi connectivity index (χ0v) is 27.0.